The summed E-state index contributed by atoms with van der Waals surface area (Å²) in [6, 6.07) is 6.43. The fourth-order valence-electron chi connectivity index (χ4n) is 4.45. The van der Waals surface area contributed by atoms with Crippen molar-refractivity contribution in [3.8, 4) is 22.8 Å². The second kappa shape index (κ2) is 9.93. The predicted octanol–water partition coefficient (Wildman–Crippen LogP) is 4.95. The van der Waals surface area contributed by atoms with E-state index >= 15 is 8.78 Å². The Morgan fingerprint density at radius 1 is 1.29 bits per heavy atom. The molecule has 0 fully saturated rings. The molecule has 0 saturated heterocycles. The molecule has 196 valence electrons. The second-order valence-electron chi connectivity index (χ2n) is 8.69. The van der Waals surface area contributed by atoms with E-state index in [1.54, 1.807) is 36.1 Å². The maximum absolute atomic E-state index is 15.6. The van der Waals surface area contributed by atoms with Crippen molar-refractivity contribution in [3.05, 3.63) is 76.6 Å². The van der Waals surface area contributed by atoms with Gasteiger partial charge in [0.1, 0.15) is 12.5 Å². The van der Waals surface area contributed by atoms with Gasteiger partial charge in [0.25, 0.3) is 0 Å². The summed E-state index contributed by atoms with van der Waals surface area (Å²) in [6.45, 7) is 1.05. The molecule has 0 radical (unpaired) electrons. The van der Waals surface area contributed by atoms with Crippen LogP contribution in [0.5, 0.6) is 0 Å². The van der Waals surface area contributed by atoms with E-state index in [-0.39, 0.29) is 17.4 Å². The van der Waals surface area contributed by atoms with E-state index in [4.69, 9.17) is 17.0 Å². The van der Waals surface area contributed by atoms with E-state index in [2.05, 4.69) is 30.8 Å². The van der Waals surface area contributed by atoms with Crippen molar-refractivity contribution >= 4 is 23.8 Å². The molecular weight excluding hydrogens is 519 g/mol. The van der Waals surface area contributed by atoms with Crippen molar-refractivity contribution in [2.45, 2.75) is 25.4 Å². The number of alkyl halides is 3. The highest BCUT2D eigenvalue weighted by Crippen LogP contribution is 2.43. The van der Waals surface area contributed by atoms with E-state index in [1.165, 1.54) is 28.8 Å². The quantitative estimate of drug-likeness (QED) is 0.272. The number of hydrogen-bond donors (Lipinski definition) is 3. The molecule has 0 saturated carbocycles. The van der Waals surface area contributed by atoms with Gasteiger partial charge in [-0.3, -0.25) is 4.57 Å². The third kappa shape index (κ3) is 4.30. The standard InChI is InChI=1S/C25H23ClF3N9/c1-14-11-32-24(33-20(31-2)7-8-30)34-21(14)15-9-19-22-35-36-23(38(22)16(10-27)13-37(19)12-15)25(28,29)17-5-3-4-6-18(17)26/h3-9,11-12,16,30-31H,10,13H2,1-2H3,(H,32,33,34)/b20-7+,30-8?/t16-/m0/s1. The minimum absolute atomic E-state index is 0.101. The van der Waals surface area contributed by atoms with Crippen LogP contribution in [-0.4, -0.2) is 49.2 Å². The number of rotatable bonds is 8. The van der Waals surface area contributed by atoms with Crippen LogP contribution in [0, 0.1) is 12.3 Å². The molecule has 1 aliphatic heterocycles. The first-order valence-corrected chi connectivity index (χ1v) is 12.0. The van der Waals surface area contributed by atoms with Crippen LogP contribution in [0.15, 0.2) is 54.6 Å². The summed E-state index contributed by atoms with van der Waals surface area (Å²) in [7, 11) is 1.69. The van der Waals surface area contributed by atoms with Crippen molar-refractivity contribution in [2.75, 3.05) is 19.0 Å². The Morgan fingerprint density at radius 2 is 2.08 bits per heavy atom. The molecular formula is C25H23ClF3N9. The van der Waals surface area contributed by atoms with Gasteiger partial charge in [-0.1, -0.05) is 29.8 Å². The molecule has 0 unspecified atom stereocenters. The number of aryl methyl sites for hydroxylation is 1. The highest BCUT2D eigenvalue weighted by atomic mass is 35.5. The van der Waals surface area contributed by atoms with Crippen LogP contribution in [-0.2, 0) is 12.5 Å². The lowest BCUT2D eigenvalue weighted by molar-refractivity contribution is 0.0259. The second-order valence-corrected chi connectivity index (χ2v) is 9.10. The van der Waals surface area contributed by atoms with E-state index in [1.807, 2.05) is 6.92 Å². The minimum Gasteiger partial charge on any atom is -0.375 e. The van der Waals surface area contributed by atoms with Gasteiger partial charge in [-0.05, 0) is 30.7 Å². The van der Waals surface area contributed by atoms with Gasteiger partial charge in [-0.2, -0.15) is 8.78 Å². The molecule has 0 spiro atoms. The summed E-state index contributed by atoms with van der Waals surface area (Å²) >= 11 is 6.07. The van der Waals surface area contributed by atoms with Gasteiger partial charge in [0, 0.05) is 43.3 Å². The van der Waals surface area contributed by atoms with Crippen LogP contribution >= 0.6 is 11.6 Å². The van der Waals surface area contributed by atoms with Gasteiger partial charge >= 0.3 is 5.92 Å². The maximum atomic E-state index is 15.6. The monoisotopic (exact) mass is 541 g/mol. The Kier molecular flexibility index (Phi) is 6.66. The van der Waals surface area contributed by atoms with Crippen LogP contribution in [0.4, 0.5) is 19.1 Å². The molecule has 0 amide bonds. The van der Waals surface area contributed by atoms with Gasteiger partial charge in [-0.15, -0.1) is 10.2 Å². The van der Waals surface area contributed by atoms with Crippen molar-refractivity contribution in [1.82, 2.24) is 34.6 Å². The first-order chi connectivity index (χ1) is 18.3. The largest absolute Gasteiger partial charge is 0.375 e. The lowest BCUT2D eigenvalue weighted by Gasteiger charge is -2.28. The smallest absolute Gasteiger partial charge is 0.333 e. The molecule has 3 N–H and O–H groups in total. The van der Waals surface area contributed by atoms with Crippen molar-refractivity contribution in [1.29, 1.82) is 5.41 Å². The Hall–Kier alpha value is -4.19. The number of halogens is 4. The predicted molar refractivity (Wildman–Crippen MR) is 138 cm³/mol. The molecule has 38 heavy (non-hydrogen) atoms. The number of aromatic nitrogens is 6. The van der Waals surface area contributed by atoms with Crippen molar-refractivity contribution < 1.29 is 13.2 Å². The SMILES string of the molecule is CN/C(=C\C=N)Nc1ncc(C)c(-c2cc3n(c2)C[C@H](CF)n2c-3nnc2C(F)(F)c2ccccc2Cl)n1. The van der Waals surface area contributed by atoms with Gasteiger partial charge < -0.3 is 20.6 Å². The summed E-state index contributed by atoms with van der Waals surface area (Å²) in [5.41, 5.74) is 2.13. The average Bonchev–Trinajstić information content (AvgIpc) is 3.54. The van der Waals surface area contributed by atoms with E-state index in [0.717, 1.165) is 11.8 Å². The fraction of sp³-hybridized carbons (Fsp3) is 0.240. The zero-order valence-electron chi connectivity index (χ0n) is 20.4. The Morgan fingerprint density at radius 3 is 2.79 bits per heavy atom. The van der Waals surface area contributed by atoms with E-state index < -0.39 is 30.0 Å². The van der Waals surface area contributed by atoms with Gasteiger partial charge in [0.15, 0.2) is 5.82 Å². The molecule has 1 atom stereocenters. The molecule has 13 heteroatoms. The number of anilines is 1. The number of benzene rings is 1. The van der Waals surface area contributed by atoms with Gasteiger partial charge in [0.2, 0.25) is 11.8 Å². The average molecular weight is 542 g/mol. The number of nitrogens with zero attached hydrogens (tertiary/aromatic N) is 6. The molecule has 9 nitrogen and oxygen atoms in total. The highest BCUT2D eigenvalue weighted by Gasteiger charge is 2.45. The first kappa shape index (κ1) is 25.5. The normalized spacial score (nSPS) is 15.1. The maximum Gasteiger partial charge on any atom is 0.333 e. The molecule has 1 aliphatic rings. The number of nitrogens with one attached hydrogen (secondary N) is 3. The van der Waals surface area contributed by atoms with Crippen LogP contribution in [0.2, 0.25) is 5.02 Å². The summed E-state index contributed by atoms with van der Waals surface area (Å²) < 4.78 is 48.4. The zero-order valence-corrected chi connectivity index (χ0v) is 21.1. The number of hydrogen-bond acceptors (Lipinski definition) is 7. The number of allylic oxidation sites excluding steroid dienone is 1. The van der Waals surface area contributed by atoms with E-state index in [0.29, 0.717) is 28.7 Å². The van der Waals surface area contributed by atoms with E-state index in [9.17, 15) is 4.39 Å². The fourth-order valence-corrected chi connectivity index (χ4v) is 4.71. The summed E-state index contributed by atoms with van der Waals surface area (Å²) in [6.07, 6.45) is 6.07. The molecule has 3 aromatic heterocycles. The molecule has 0 aliphatic carbocycles. The Labute approximate surface area is 220 Å². The molecule has 4 aromatic rings. The van der Waals surface area contributed by atoms with Crippen LogP contribution in [0.3, 0.4) is 0 Å². The summed E-state index contributed by atoms with van der Waals surface area (Å²) in [5.74, 6) is -3.31. The lowest BCUT2D eigenvalue weighted by atomic mass is 10.1. The topological polar surface area (TPSA) is 109 Å². The third-order valence-electron chi connectivity index (χ3n) is 6.28. The van der Waals surface area contributed by atoms with Crippen LogP contribution < -0.4 is 10.6 Å². The minimum atomic E-state index is -3.59. The third-order valence-corrected chi connectivity index (χ3v) is 6.61. The van der Waals surface area contributed by atoms with Crippen LogP contribution in [0.25, 0.3) is 22.8 Å². The highest BCUT2D eigenvalue weighted by molar-refractivity contribution is 6.31. The molecule has 1 aromatic carbocycles. The first-order valence-electron chi connectivity index (χ1n) is 11.6. The van der Waals surface area contributed by atoms with Gasteiger partial charge in [-0.25, -0.2) is 14.4 Å². The molecule has 5 rings (SSSR count). The Balaban J connectivity index is 1.58. The van der Waals surface area contributed by atoms with Gasteiger partial charge in [0.05, 0.1) is 22.5 Å². The summed E-state index contributed by atoms with van der Waals surface area (Å²) in [4.78, 5) is 8.89. The lowest BCUT2D eigenvalue weighted by Crippen LogP contribution is -2.30. The Bertz CT molecular complexity index is 1540. The summed E-state index contributed by atoms with van der Waals surface area (Å²) in [5, 5.41) is 20.9. The molecule has 0 bridgehead atoms. The van der Waals surface area contributed by atoms with Crippen LogP contribution in [0.1, 0.15) is 23.0 Å². The van der Waals surface area contributed by atoms with Crippen molar-refractivity contribution in [2.24, 2.45) is 0 Å². The zero-order chi connectivity index (χ0) is 27.0. The molecule has 4 heterocycles. The van der Waals surface area contributed by atoms with Crippen molar-refractivity contribution in [3.63, 3.8) is 0 Å². The number of fused-ring (bicyclic) bond motifs is 3.